The SMILES string of the molecule is Cc1nc(Nc2ccc(C(C)(C)C)cc2)cc(C(=O)NCCN2CCOCC2)n1. The van der Waals surface area contributed by atoms with Crippen molar-refractivity contribution in [3.63, 3.8) is 0 Å². The van der Waals surface area contributed by atoms with Crippen LogP contribution in [0, 0.1) is 6.92 Å². The molecule has 2 heterocycles. The van der Waals surface area contributed by atoms with Gasteiger partial charge in [0.1, 0.15) is 17.3 Å². The molecule has 1 aromatic carbocycles. The molecule has 0 unspecified atom stereocenters. The zero-order valence-electron chi connectivity index (χ0n) is 17.8. The van der Waals surface area contributed by atoms with Gasteiger partial charge in [-0.05, 0) is 30.0 Å². The van der Waals surface area contributed by atoms with Gasteiger partial charge in [0.05, 0.1) is 13.2 Å². The second-order valence-electron chi connectivity index (χ2n) is 8.35. The van der Waals surface area contributed by atoms with E-state index in [1.54, 1.807) is 13.0 Å². The lowest BCUT2D eigenvalue weighted by Crippen LogP contribution is -2.41. The lowest BCUT2D eigenvalue weighted by molar-refractivity contribution is 0.0383. The normalized spacial score (nSPS) is 15.2. The van der Waals surface area contributed by atoms with Crippen molar-refractivity contribution in [2.24, 2.45) is 0 Å². The Morgan fingerprint density at radius 3 is 2.48 bits per heavy atom. The van der Waals surface area contributed by atoms with Gasteiger partial charge < -0.3 is 15.4 Å². The largest absolute Gasteiger partial charge is 0.379 e. The molecule has 7 nitrogen and oxygen atoms in total. The Bertz CT molecular complexity index is 824. The molecular formula is C22H31N5O2. The lowest BCUT2D eigenvalue weighted by Gasteiger charge is -2.26. The fourth-order valence-corrected chi connectivity index (χ4v) is 3.19. The third kappa shape index (κ3) is 6.24. The highest BCUT2D eigenvalue weighted by Gasteiger charge is 2.15. The molecule has 0 aliphatic carbocycles. The van der Waals surface area contributed by atoms with E-state index in [4.69, 9.17) is 4.74 Å². The third-order valence-electron chi connectivity index (χ3n) is 4.91. The molecule has 1 aliphatic rings. The molecule has 2 N–H and O–H groups in total. The van der Waals surface area contributed by atoms with Crippen LogP contribution in [-0.4, -0.2) is 60.2 Å². The second-order valence-corrected chi connectivity index (χ2v) is 8.35. The molecule has 1 fully saturated rings. The number of nitrogens with one attached hydrogen (secondary N) is 2. The molecule has 2 aromatic rings. The smallest absolute Gasteiger partial charge is 0.270 e. The highest BCUT2D eigenvalue weighted by Crippen LogP contribution is 2.24. The van der Waals surface area contributed by atoms with Crippen molar-refractivity contribution in [2.75, 3.05) is 44.7 Å². The minimum absolute atomic E-state index is 0.108. The Balaban J connectivity index is 1.60. The molecule has 7 heteroatoms. The van der Waals surface area contributed by atoms with E-state index < -0.39 is 0 Å². The van der Waals surface area contributed by atoms with Gasteiger partial charge in [0.2, 0.25) is 0 Å². The van der Waals surface area contributed by atoms with Crippen LogP contribution in [0.25, 0.3) is 0 Å². The molecule has 1 aromatic heterocycles. The summed E-state index contributed by atoms with van der Waals surface area (Å²) in [4.78, 5) is 23.5. The number of hydrogen-bond donors (Lipinski definition) is 2. The van der Waals surface area contributed by atoms with E-state index in [9.17, 15) is 4.79 Å². The Labute approximate surface area is 172 Å². The number of nitrogens with zero attached hydrogens (tertiary/aromatic N) is 3. The van der Waals surface area contributed by atoms with Gasteiger partial charge >= 0.3 is 0 Å². The summed E-state index contributed by atoms with van der Waals surface area (Å²) in [5.74, 6) is 0.980. The van der Waals surface area contributed by atoms with E-state index in [1.165, 1.54) is 5.56 Å². The van der Waals surface area contributed by atoms with Gasteiger partial charge in [-0.25, -0.2) is 9.97 Å². The number of aromatic nitrogens is 2. The summed E-state index contributed by atoms with van der Waals surface area (Å²) in [6, 6.07) is 9.96. The monoisotopic (exact) mass is 397 g/mol. The fourth-order valence-electron chi connectivity index (χ4n) is 3.19. The van der Waals surface area contributed by atoms with Crippen LogP contribution in [0.4, 0.5) is 11.5 Å². The van der Waals surface area contributed by atoms with Crippen molar-refractivity contribution in [1.29, 1.82) is 0 Å². The lowest BCUT2D eigenvalue weighted by atomic mass is 9.87. The number of benzene rings is 1. The maximum absolute atomic E-state index is 12.5. The first kappa shape index (κ1) is 21.2. The van der Waals surface area contributed by atoms with Crippen molar-refractivity contribution in [3.05, 3.63) is 47.4 Å². The van der Waals surface area contributed by atoms with Crippen LogP contribution in [0.2, 0.25) is 0 Å². The van der Waals surface area contributed by atoms with Gasteiger partial charge in [-0.15, -0.1) is 0 Å². The molecule has 0 radical (unpaired) electrons. The first-order valence-electron chi connectivity index (χ1n) is 10.1. The third-order valence-corrected chi connectivity index (χ3v) is 4.91. The number of ether oxygens (including phenoxy) is 1. The first-order chi connectivity index (χ1) is 13.8. The molecule has 0 bridgehead atoms. The summed E-state index contributed by atoms with van der Waals surface area (Å²) in [6.07, 6.45) is 0. The predicted octanol–water partition coefficient (Wildman–Crippen LogP) is 2.89. The van der Waals surface area contributed by atoms with Gasteiger partial charge in [-0.2, -0.15) is 0 Å². The molecule has 0 spiro atoms. The Morgan fingerprint density at radius 1 is 1.14 bits per heavy atom. The summed E-state index contributed by atoms with van der Waals surface area (Å²) in [6.45, 7) is 13.1. The topological polar surface area (TPSA) is 79.4 Å². The fraction of sp³-hybridized carbons (Fsp3) is 0.500. The predicted molar refractivity (Wildman–Crippen MR) is 115 cm³/mol. The Morgan fingerprint density at radius 2 is 1.83 bits per heavy atom. The van der Waals surface area contributed by atoms with E-state index in [0.717, 1.165) is 38.5 Å². The number of anilines is 2. The summed E-state index contributed by atoms with van der Waals surface area (Å²) < 4.78 is 5.34. The van der Waals surface area contributed by atoms with Crippen molar-refractivity contribution in [1.82, 2.24) is 20.2 Å². The van der Waals surface area contributed by atoms with Gasteiger partial charge in [0.15, 0.2) is 0 Å². The van der Waals surface area contributed by atoms with Gasteiger partial charge in [-0.1, -0.05) is 32.9 Å². The number of carbonyl (C=O) groups is 1. The number of aryl methyl sites for hydroxylation is 1. The molecular weight excluding hydrogens is 366 g/mol. The molecule has 1 aliphatic heterocycles. The maximum atomic E-state index is 12.5. The summed E-state index contributed by atoms with van der Waals surface area (Å²) in [5.41, 5.74) is 2.67. The average molecular weight is 398 g/mol. The Hall–Kier alpha value is -2.51. The Kier molecular flexibility index (Phi) is 6.82. The first-order valence-corrected chi connectivity index (χ1v) is 10.1. The highest BCUT2D eigenvalue weighted by molar-refractivity contribution is 5.93. The molecule has 0 saturated carbocycles. The molecule has 3 rings (SSSR count). The van der Waals surface area contributed by atoms with Crippen molar-refractivity contribution >= 4 is 17.4 Å². The van der Waals surface area contributed by atoms with Gasteiger partial charge in [-0.3, -0.25) is 9.69 Å². The van der Waals surface area contributed by atoms with E-state index in [2.05, 4.69) is 58.4 Å². The minimum atomic E-state index is -0.185. The van der Waals surface area contributed by atoms with Crippen LogP contribution in [0.1, 0.15) is 42.6 Å². The van der Waals surface area contributed by atoms with Crippen LogP contribution in [0.3, 0.4) is 0 Å². The van der Waals surface area contributed by atoms with Crippen molar-refractivity contribution < 1.29 is 9.53 Å². The molecule has 1 amide bonds. The number of rotatable bonds is 6. The minimum Gasteiger partial charge on any atom is -0.379 e. The molecule has 156 valence electrons. The summed E-state index contributed by atoms with van der Waals surface area (Å²) in [7, 11) is 0. The molecule has 1 saturated heterocycles. The van der Waals surface area contributed by atoms with Gasteiger partial charge in [0, 0.05) is 37.9 Å². The number of hydrogen-bond acceptors (Lipinski definition) is 6. The second kappa shape index (κ2) is 9.33. The summed E-state index contributed by atoms with van der Waals surface area (Å²) >= 11 is 0. The van der Waals surface area contributed by atoms with Crippen LogP contribution in [-0.2, 0) is 10.2 Å². The van der Waals surface area contributed by atoms with Crippen LogP contribution in [0.5, 0.6) is 0 Å². The maximum Gasteiger partial charge on any atom is 0.270 e. The highest BCUT2D eigenvalue weighted by atomic mass is 16.5. The van der Waals surface area contributed by atoms with Crippen molar-refractivity contribution in [3.8, 4) is 0 Å². The number of amides is 1. The standard InChI is InChI=1S/C22H31N5O2/c1-16-24-19(21(28)23-9-10-27-11-13-29-14-12-27)15-20(25-16)26-18-7-5-17(6-8-18)22(2,3)4/h5-8,15H,9-14H2,1-4H3,(H,23,28)(H,24,25,26). The van der Waals surface area contributed by atoms with Crippen LogP contribution < -0.4 is 10.6 Å². The number of morpholine rings is 1. The molecule has 0 atom stereocenters. The zero-order valence-corrected chi connectivity index (χ0v) is 17.8. The van der Waals surface area contributed by atoms with E-state index in [0.29, 0.717) is 23.9 Å². The average Bonchev–Trinajstić information content (AvgIpc) is 2.68. The summed E-state index contributed by atoms with van der Waals surface area (Å²) in [5, 5.41) is 6.22. The number of carbonyl (C=O) groups excluding carboxylic acids is 1. The van der Waals surface area contributed by atoms with Crippen molar-refractivity contribution in [2.45, 2.75) is 33.1 Å². The van der Waals surface area contributed by atoms with E-state index >= 15 is 0 Å². The van der Waals surface area contributed by atoms with Crippen LogP contribution in [0.15, 0.2) is 30.3 Å². The zero-order chi connectivity index (χ0) is 20.9. The van der Waals surface area contributed by atoms with E-state index in [1.807, 2.05) is 12.1 Å². The van der Waals surface area contributed by atoms with Crippen LogP contribution >= 0.6 is 0 Å². The molecule has 29 heavy (non-hydrogen) atoms. The van der Waals surface area contributed by atoms with Gasteiger partial charge in [0.25, 0.3) is 5.91 Å². The van der Waals surface area contributed by atoms with E-state index in [-0.39, 0.29) is 11.3 Å². The quantitative estimate of drug-likeness (QED) is 0.780.